The van der Waals surface area contributed by atoms with Crippen LogP contribution in [0.5, 0.6) is 11.5 Å². The minimum absolute atomic E-state index is 0.233. The molecule has 0 N–H and O–H groups in total. The summed E-state index contributed by atoms with van der Waals surface area (Å²) in [5, 5.41) is 1.87. The zero-order chi connectivity index (χ0) is 23.9. The first-order valence-corrected chi connectivity index (χ1v) is 12.4. The summed E-state index contributed by atoms with van der Waals surface area (Å²) in [7, 11) is 1.72. The average molecular weight is 475 g/mol. The van der Waals surface area contributed by atoms with E-state index in [1.165, 1.54) is 5.56 Å². The third-order valence-corrected chi connectivity index (χ3v) is 7.83. The van der Waals surface area contributed by atoms with Crippen LogP contribution in [0.15, 0.2) is 48.8 Å². The quantitative estimate of drug-likeness (QED) is 0.385. The first-order valence-electron chi connectivity index (χ1n) is 12.4. The number of pyridine rings is 1. The summed E-state index contributed by atoms with van der Waals surface area (Å²) in [6, 6.07) is 11.6. The van der Waals surface area contributed by atoms with Gasteiger partial charge in [-0.15, -0.1) is 0 Å². The standard InChI is InChI=1S/C27H30N4O4/c1-34-24-5-4-6-25-27(24)21-15-29(14-19(21)17-35-25)12-3-2-7-26-30(32)16-22-20-10-11-28-13-18(20)8-9-23(22)31(26)33/h4-6,8-11,13,19,21,26H,2-3,7,12,14-17H2,1H3/q+2/t19-,21-,26?/m1/s1. The summed E-state index contributed by atoms with van der Waals surface area (Å²) in [4.78, 5) is 32.6. The number of likely N-dealkylation sites (tertiary alicyclic amines) is 1. The van der Waals surface area contributed by atoms with Gasteiger partial charge in [0.05, 0.1) is 24.9 Å². The molecule has 8 nitrogen and oxygen atoms in total. The molecule has 6 rings (SSSR count). The fourth-order valence-corrected chi connectivity index (χ4v) is 6.09. The zero-order valence-corrected chi connectivity index (χ0v) is 19.9. The van der Waals surface area contributed by atoms with Gasteiger partial charge in [0.2, 0.25) is 6.54 Å². The van der Waals surface area contributed by atoms with Gasteiger partial charge in [-0.25, -0.2) is 0 Å². The van der Waals surface area contributed by atoms with Gasteiger partial charge in [0.1, 0.15) is 21.8 Å². The van der Waals surface area contributed by atoms with Crippen LogP contribution in [0.1, 0.15) is 36.3 Å². The zero-order valence-electron chi connectivity index (χ0n) is 19.9. The highest BCUT2D eigenvalue weighted by molar-refractivity contribution is 5.87. The predicted molar refractivity (Wildman–Crippen MR) is 131 cm³/mol. The van der Waals surface area contributed by atoms with Crippen LogP contribution < -0.4 is 9.47 Å². The fraction of sp³-hybridized carbons (Fsp3) is 0.444. The van der Waals surface area contributed by atoms with Crippen LogP contribution in [-0.4, -0.2) is 58.9 Å². The fourth-order valence-electron chi connectivity index (χ4n) is 6.09. The summed E-state index contributed by atoms with van der Waals surface area (Å²) in [6.45, 7) is 3.92. The van der Waals surface area contributed by atoms with Gasteiger partial charge in [0.15, 0.2) is 0 Å². The number of hydrogen-bond donors (Lipinski definition) is 0. The third-order valence-electron chi connectivity index (χ3n) is 7.83. The van der Waals surface area contributed by atoms with Crippen molar-refractivity contribution in [1.29, 1.82) is 0 Å². The maximum absolute atomic E-state index is 13.1. The lowest BCUT2D eigenvalue weighted by atomic mass is 9.86. The van der Waals surface area contributed by atoms with Crippen molar-refractivity contribution in [1.82, 2.24) is 9.88 Å². The molecule has 0 radical (unpaired) electrons. The van der Waals surface area contributed by atoms with E-state index >= 15 is 0 Å². The number of nitroso groups, excluding NO2 is 2. The smallest absolute Gasteiger partial charge is 0.437 e. The van der Waals surface area contributed by atoms with Gasteiger partial charge in [-0.05, 0) is 43.7 Å². The minimum Gasteiger partial charge on any atom is -0.496 e. The van der Waals surface area contributed by atoms with Gasteiger partial charge >= 0.3 is 6.17 Å². The van der Waals surface area contributed by atoms with E-state index in [4.69, 9.17) is 9.47 Å². The number of benzene rings is 2. The molecule has 0 amide bonds. The summed E-state index contributed by atoms with van der Waals surface area (Å²) < 4.78 is 13.5. The van der Waals surface area contributed by atoms with Crippen LogP contribution in [0.25, 0.3) is 10.8 Å². The molecule has 0 bridgehead atoms. The van der Waals surface area contributed by atoms with E-state index in [-0.39, 0.29) is 6.54 Å². The van der Waals surface area contributed by atoms with Crippen molar-refractivity contribution >= 4 is 16.5 Å². The summed E-state index contributed by atoms with van der Waals surface area (Å²) in [5.74, 6) is 2.74. The largest absolute Gasteiger partial charge is 0.496 e. The topological polar surface area (TPSA) is 74.8 Å². The Morgan fingerprint density at radius 1 is 1.14 bits per heavy atom. The highest BCUT2D eigenvalue weighted by Crippen LogP contribution is 2.46. The molecule has 1 fully saturated rings. The first-order chi connectivity index (χ1) is 17.1. The molecular formula is C27H30N4O4+2. The first kappa shape index (κ1) is 22.1. The van der Waals surface area contributed by atoms with Crippen molar-refractivity contribution in [2.45, 2.75) is 37.9 Å². The number of hydrogen-bond acceptors (Lipinski definition) is 6. The van der Waals surface area contributed by atoms with E-state index in [0.29, 0.717) is 23.9 Å². The van der Waals surface area contributed by atoms with E-state index in [1.54, 1.807) is 19.5 Å². The van der Waals surface area contributed by atoms with Crippen molar-refractivity contribution in [3.05, 3.63) is 69.7 Å². The highest BCUT2D eigenvalue weighted by Gasteiger charge is 2.48. The van der Waals surface area contributed by atoms with E-state index < -0.39 is 6.17 Å². The van der Waals surface area contributed by atoms with Crippen molar-refractivity contribution < 1.29 is 19.0 Å². The summed E-state index contributed by atoms with van der Waals surface area (Å²) >= 11 is 0. The van der Waals surface area contributed by atoms with Crippen molar-refractivity contribution in [3.8, 4) is 11.5 Å². The van der Waals surface area contributed by atoms with Crippen molar-refractivity contribution in [2.24, 2.45) is 5.92 Å². The molecule has 1 aromatic heterocycles. The molecule has 3 atom stereocenters. The number of fused-ring (bicyclic) bond motifs is 6. The second-order valence-electron chi connectivity index (χ2n) is 9.85. The molecule has 3 aliphatic rings. The molecule has 0 aliphatic carbocycles. The molecule has 1 unspecified atom stereocenters. The maximum Gasteiger partial charge on any atom is 0.437 e. The van der Waals surface area contributed by atoms with E-state index in [0.717, 1.165) is 76.4 Å². The van der Waals surface area contributed by atoms with Crippen LogP contribution in [0.4, 0.5) is 5.69 Å². The number of ether oxygens (including phenoxy) is 2. The van der Waals surface area contributed by atoms with Gasteiger partial charge in [-0.3, -0.25) is 4.98 Å². The summed E-state index contributed by atoms with van der Waals surface area (Å²) in [6.07, 6.45) is 5.13. The summed E-state index contributed by atoms with van der Waals surface area (Å²) in [5.41, 5.74) is 2.60. The van der Waals surface area contributed by atoms with Crippen LogP contribution in [0.3, 0.4) is 0 Å². The third kappa shape index (κ3) is 3.86. The monoisotopic (exact) mass is 474 g/mol. The molecular weight excluding hydrogens is 444 g/mol. The lowest BCUT2D eigenvalue weighted by molar-refractivity contribution is -0.784. The lowest BCUT2D eigenvalue weighted by Crippen LogP contribution is -2.37. The number of unbranched alkanes of at least 4 members (excludes halogenated alkanes) is 1. The van der Waals surface area contributed by atoms with E-state index in [2.05, 4.69) is 9.88 Å². The molecule has 35 heavy (non-hydrogen) atoms. The second kappa shape index (κ2) is 9.00. The molecule has 3 aromatic rings. The number of aromatic nitrogens is 1. The number of rotatable bonds is 6. The minimum atomic E-state index is -0.674. The van der Waals surface area contributed by atoms with Crippen LogP contribution in [0, 0.1) is 15.7 Å². The Balaban J connectivity index is 1.07. The number of nitrogens with zero attached hydrogens (tertiary/aromatic N) is 4. The van der Waals surface area contributed by atoms with Gasteiger partial charge in [-0.1, -0.05) is 6.07 Å². The Labute approximate surface area is 204 Å². The molecule has 1 saturated heterocycles. The molecule has 0 spiro atoms. The lowest BCUT2D eigenvalue weighted by Gasteiger charge is -2.29. The Morgan fingerprint density at radius 2 is 2.06 bits per heavy atom. The molecule has 2 aromatic carbocycles. The Morgan fingerprint density at radius 3 is 2.94 bits per heavy atom. The van der Waals surface area contributed by atoms with Gasteiger partial charge in [0, 0.05) is 69.5 Å². The molecule has 0 saturated carbocycles. The van der Waals surface area contributed by atoms with Gasteiger partial charge in [-0.2, -0.15) is 0 Å². The second-order valence-corrected chi connectivity index (χ2v) is 9.85. The van der Waals surface area contributed by atoms with Crippen LogP contribution in [-0.2, 0) is 6.54 Å². The Bertz CT molecular complexity index is 1300. The van der Waals surface area contributed by atoms with Crippen LogP contribution in [0.2, 0.25) is 0 Å². The van der Waals surface area contributed by atoms with Gasteiger partial charge < -0.3 is 14.4 Å². The SMILES string of the molecule is COc1cccc2c1[C@@H]1CN(CCCCC3[N+](=O)Cc4c(ccc5cnccc45)[N+]3=O)C[C@@H]1CO2. The van der Waals surface area contributed by atoms with Crippen molar-refractivity contribution in [2.75, 3.05) is 33.4 Å². The Hall–Kier alpha value is -3.39. The van der Waals surface area contributed by atoms with Gasteiger partial charge in [0.25, 0.3) is 5.69 Å². The maximum atomic E-state index is 13.1. The van der Waals surface area contributed by atoms with Crippen molar-refractivity contribution in [3.63, 3.8) is 0 Å². The van der Waals surface area contributed by atoms with Crippen LogP contribution >= 0.6 is 0 Å². The van der Waals surface area contributed by atoms with E-state index in [1.807, 2.05) is 36.4 Å². The molecule has 8 heteroatoms. The average Bonchev–Trinajstić information content (AvgIpc) is 3.31. The normalized spacial score (nSPS) is 23.5. The Kier molecular flexibility index (Phi) is 5.68. The number of methoxy groups -OCH3 is 1. The highest BCUT2D eigenvalue weighted by atomic mass is 16.5. The predicted octanol–water partition coefficient (Wildman–Crippen LogP) is 4.55. The van der Waals surface area contributed by atoms with E-state index in [9.17, 15) is 9.81 Å². The molecule has 180 valence electrons. The molecule has 4 heterocycles. The molecule has 3 aliphatic heterocycles.